The van der Waals surface area contributed by atoms with Crippen LogP contribution in [0.1, 0.15) is 0 Å². The SMILES string of the molecule is [C-]#[N+]c1cc(Cl)cc(Oc2c(F)ccc(O)c2F)c1. The molecule has 0 spiro atoms. The summed E-state index contributed by atoms with van der Waals surface area (Å²) in [6.45, 7) is 6.86. The lowest BCUT2D eigenvalue weighted by atomic mass is 10.2. The van der Waals surface area contributed by atoms with Gasteiger partial charge in [-0.1, -0.05) is 11.6 Å². The Bertz CT molecular complexity index is 683. The zero-order valence-electron chi connectivity index (χ0n) is 9.32. The number of nitrogens with zero attached hydrogens (tertiary/aromatic N) is 1. The van der Waals surface area contributed by atoms with Crippen LogP contribution < -0.4 is 4.74 Å². The molecular weight excluding hydrogens is 276 g/mol. The van der Waals surface area contributed by atoms with Crippen LogP contribution in [-0.4, -0.2) is 5.11 Å². The number of aromatic hydroxyl groups is 1. The summed E-state index contributed by atoms with van der Waals surface area (Å²) >= 11 is 5.75. The Kier molecular flexibility index (Phi) is 3.54. The van der Waals surface area contributed by atoms with Crippen molar-refractivity contribution >= 4 is 17.3 Å². The molecule has 0 aliphatic rings. The second kappa shape index (κ2) is 5.12. The molecule has 6 heteroatoms. The molecule has 0 bridgehead atoms. The normalized spacial score (nSPS) is 10.0. The van der Waals surface area contributed by atoms with Gasteiger partial charge in [-0.2, -0.15) is 4.39 Å². The van der Waals surface area contributed by atoms with E-state index in [4.69, 9.17) is 28.0 Å². The van der Waals surface area contributed by atoms with Crippen molar-refractivity contribution in [2.75, 3.05) is 0 Å². The molecule has 0 heterocycles. The van der Waals surface area contributed by atoms with Crippen LogP contribution in [0, 0.1) is 18.2 Å². The largest absolute Gasteiger partial charge is 0.505 e. The highest BCUT2D eigenvalue weighted by molar-refractivity contribution is 6.31. The maximum Gasteiger partial charge on any atom is 0.210 e. The fourth-order valence-electron chi connectivity index (χ4n) is 1.40. The number of hydrogen-bond donors (Lipinski definition) is 1. The van der Waals surface area contributed by atoms with Crippen LogP contribution >= 0.6 is 11.6 Å². The Morgan fingerprint density at radius 2 is 1.95 bits per heavy atom. The number of phenolic OH excluding ortho intramolecular Hbond substituents is 1. The molecule has 2 aromatic rings. The second-order valence-corrected chi connectivity index (χ2v) is 4.01. The average molecular weight is 282 g/mol. The predicted molar refractivity (Wildman–Crippen MR) is 65.8 cm³/mol. The summed E-state index contributed by atoms with van der Waals surface area (Å²) in [5, 5.41) is 9.36. The molecule has 0 aliphatic carbocycles. The van der Waals surface area contributed by atoms with Crippen molar-refractivity contribution in [2.24, 2.45) is 0 Å². The van der Waals surface area contributed by atoms with Gasteiger partial charge in [0, 0.05) is 5.02 Å². The van der Waals surface area contributed by atoms with Gasteiger partial charge in [-0.25, -0.2) is 9.24 Å². The molecule has 0 fully saturated rings. The van der Waals surface area contributed by atoms with E-state index in [0.717, 1.165) is 12.1 Å². The summed E-state index contributed by atoms with van der Waals surface area (Å²) in [6.07, 6.45) is 0. The van der Waals surface area contributed by atoms with Crippen molar-refractivity contribution in [3.63, 3.8) is 0 Å². The summed E-state index contributed by atoms with van der Waals surface area (Å²) < 4.78 is 32.0. The van der Waals surface area contributed by atoms with Crippen LogP contribution in [0.15, 0.2) is 30.3 Å². The molecule has 3 nitrogen and oxygen atoms in total. The van der Waals surface area contributed by atoms with E-state index in [2.05, 4.69) is 4.85 Å². The summed E-state index contributed by atoms with van der Waals surface area (Å²) in [4.78, 5) is 3.14. The van der Waals surface area contributed by atoms with Gasteiger partial charge in [0.2, 0.25) is 11.6 Å². The second-order valence-electron chi connectivity index (χ2n) is 3.57. The Morgan fingerprint density at radius 3 is 2.63 bits per heavy atom. The van der Waals surface area contributed by atoms with Crippen LogP contribution in [-0.2, 0) is 0 Å². The number of benzene rings is 2. The quantitative estimate of drug-likeness (QED) is 0.812. The van der Waals surface area contributed by atoms with Crippen LogP contribution in [0.3, 0.4) is 0 Å². The number of phenols is 1. The molecule has 1 N–H and O–H groups in total. The van der Waals surface area contributed by atoms with Crippen molar-refractivity contribution in [1.29, 1.82) is 0 Å². The monoisotopic (exact) mass is 281 g/mol. The third kappa shape index (κ3) is 2.75. The van der Waals surface area contributed by atoms with Crippen molar-refractivity contribution < 1.29 is 18.6 Å². The molecule has 0 saturated carbocycles. The first-order valence-corrected chi connectivity index (χ1v) is 5.42. The van der Waals surface area contributed by atoms with Gasteiger partial charge in [0.05, 0.1) is 6.57 Å². The molecule has 0 radical (unpaired) electrons. The van der Waals surface area contributed by atoms with Gasteiger partial charge >= 0.3 is 0 Å². The van der Waals surface area contributed by atoms with Gasteiger partial charge in [-0.3, -0.25) is 0 Å². The van der Waals surface area contributed by atoms with E-state index >= 15 is 0 Å². The first kappa shape index (κ1) is 13.1. The van der Waals surface area contributed by atoms with Crippen LogP contribution in [0.4, 0.5) is 14.5 Å². The fraction of sp³-hybridized carbons (Fsp3) is 0. The van der Waals surface area contributed by atoms with E-state index in [-0.39, 0.29) is 16.5 Å². The van der Waals surface area contributed by atoms with Crippen molar-refractivity contribution in [3.05, 3.63) is 58.4 Å². The maximum absolute atomic E-state index is 13.5. The molecule has 0 aliphatic heterocycles. The minimum atomic E-state index is -1.22. The number of halogens is 3. The standard InChI is InChI=1S/C13H6ClF2NO2/c1-17-8-4-7(14)5-9(6-8)19-13-10(15)2-3-11(18)12(13)16/h2-6,18H. The number of ether oxygens (including phenoxy) is 1. The first-order chi connectivity index (χ1) is 9.01. The minimum Gasteiger partial charge on any atom is -0.505 e. The fourth-order valence-corrected chi connectivity index (χ4v) is 1.62. The third-order valence-corrected chi connectivity index (χ3v) is 2.45. The molecule has 0 aromatic heterocycles. The highest BCUT2D eigenvalue weighted by Gasteiger charge is 2.16. The van der Waals surface area contributed by atoms with Gasteiger partial charge in [0.15, 0.2) is 17.3 Å². The van der Waals surface area contributed by atoms with Crippen LogP contribution in [0.2, 0.25) is 5.02 Å². The highest BCUT2D eigenvalue weighted by atomic mass is 35.5. The van der Waals surface area contributed by atoms with Crippen LogP contribution in [0.25, 0.3) is 4.85 Å². The molecule has 0 amide bonds. The van der Waals surface area contributed by atoms with Gasteiger partial charge in [0.25, 0.3) is 0 Å². The summed E-state index contributed by atoms with van der Waals surface area (Å²) in [7, 11) is 0. The molecular formula is C13H6ClF2NO2. The lowest BCUT2D eigenvalue weighted by Gasteiger charge is -2.09. The van der Waals surface area contributed by atoms with Gasteiger partial charge in [0.1, 0.15) is 5.75 Å². The molecule has 0 unspecified atom stereocenters. The van der Waals surface area contributed by atoms with Crippen molar-refractivity contribution in [1.82, 2.24) is 0 Å². The minimum absolute atomic E-state index is 0.00176. The van der Waals surface area contributed by atoms with E-state index in [1.54, 1.807) is 0 Å². The molecule has 0 atom stereocenters. The number of hydrogen-bond acceptors (Lipinski definition) is 2. The Hall–Kier alpha value is -2.32. The Balaban J connectivity index is 2.45. The summed E-state index contributed by atoms with van der Waals surface area (Å²) in [5.41, 5.74) is 0.170. The predicted octanol–water partition coefficient (Wildman–Crippen LogP) is 4.67. The lowest BCUT2D eigenvalue weighted by Crippen LogP contribution is -1.93. The summed E-state index contributed by atoms with van der Waals surface area (Å²) in [5.74, 6) is -3.67. The first-order valence-electron chi connectivity index (χ1n) is 5.04. The molecule has 19 heavy (non-hydrogen) atoms. The highest BCUT2D eigenvalue weighted by Crippen LogP contribution is 2.35. The zero-order chi connectivity index (χ0) is 14.0. The van der Waals surface area contributed by atoms with Crippen molar-refractivity contribution in [3.8, 4) is 17.2 Å². The Labute approximate surface area is 112 Å². The van der Waals surface area contributed by atoms with Gasteiger partial charge in [-0.15, -0.1) is 0 Å². The van der Waals surface area contributed by atoms with E-state index < -0.39 is 23.1 Å². The number of rotatable bonds is 2. The van der Waals surface area contributed by atoms with E-state index in [9.17, 15) is 8.78 Å². The maximum atomic E-state index is 13.5. The van der Waals surface area contributed by atoms with E-state index in [1.807, 2.05) is 0 Å². The topological polar surface area (TPSA) is 33.8 Å². The molecule has 0 saturated heterocycles. The smallest absolute Gasteiger partial charge is 0.210 e. The molecule has 2 aromatic carbocycles. The molecule has 96 valence electrons. The summed E-state index contributed by atoms with van der Waals surface area (Å²) in [6, 6.07) is 5.71. The average Bonchev–Trinajstić information content (AvgIpc) is 2.38. The zero-order valence-corrected chi connectivity index (χ0v) is 10.1. The van der Waals surface area contributed by atoms with Gasteiger partial charge < -0.3 is 9.84 Å². The van der Waals surface area contributed by atoms with E-state index in [1.165, 1.54) is 18.2 Å². The van der Waals surface area contributed by atoms with Gasteiger partial charge in [-0.05, 0) is 30.3 Å². The Morgan fingerprint density at radius 1 is 1.21 bits per heavy atom. The molecule has 2 rings (SSSR count). The van der Waals surface area contributed by atoms with Crippen molar-refractivity contribution in [2.45, 2.75) is 0 Å². The van der Waals surface area contributed by atoms with Crippen LogP contribution in [0.5, 0.6) is 17.2 Å². The third-order valence-electron chi connectivity index (χ3n) is 2.23. The van der Waals surface area contributed by atoms with E-state index in [0.29, 0.717) is 0 Å². The lowest BCUT2D eigenvalue weighted by molar-refractivity contribution is 0.375.